The average Bonchev–Trinajstić information content (AvgIpc) is 3.04. The van der Waals surface area contributed by atoms with Crippen molar-refractivity contribution >= 4 is 0 Å². The quantitative estimate of drug-likeness (QED) is 0.859. The highest BCUT2D eigenvalue weighted by molar-refractivity contribution is 5.65. The number of rotatable bonds is 6. The number of hydrogen-bond donors (Lipinski definition) is 2. The zero-order valence-electron chi connectivity index (χ0n) is 13.8. The van der Waals surface area contributed by atoms with Gasteiger partial charge in [0.05, 0.1) is 5.69 Å². The largest absolute Gasteiger partial charge is 0.381 e. The first kappa shape index (κ1) is 16.2. The summed E-state index contributed by atoms with van der Waals surface area (Å²) in [4.78, 5) is 2.19. The Morgan fingerprint density at radius 2 is 2.00 bits per heavy atom. The maximum atomic E-state index is 5.62. The van der Waals surface area contributed by atoms with Crippen molar-refractivity contribution in [2.45, 2.75) is 25.3 Å². The van der Waals surface area contributed by atoms with E-state index in [9.17, 15) is 0 Å². The van der Waals surface area contributed by atoms with Crippen LogP contribution in [0, 0.1) is 0 Å². The van der Waals surface area contributed by atoms with Crippen molar-refractivity contribution < 1.29 is 4.74 Å². The third kappa shape index (κ3) is 3.99. The minimum absolute atomic E-state index is 0.636. The number of benzene rings is 1. The second-order valence-electron chi connectivity index (χ2n) is 6.28. The van der Waals surface area contributed by atoms with Crippen molar-refractivity contribution in [2.24, 2.45) is 5.73 Å². The van der Waals surface area contributed by atoms with Gasteiger partial charge in [-0.2, -0.15) is 5.10 Å². The smallest absolute Gasteiger partial charge is 0.0840 e. The number of ether oxygens (including phenoxy) is 1. The van der Waals surface area contributed by atoms with Gasteiger partial charge in [0.1, 0.15) is 0 Å². The van der Waals surface area contributed by atoms with E-state index in [2.05, 4.69) is 46.4 Å². The van der Waals surface area contributed by atoms with Gasteiger partial charge in [0.25, 0.3) is 0 Å². The van der Waals surface area contributed by atoms with E-state index in [0.717, 1.165) is 44.8 Å². The molecular formula is C18H26N4O. The van der Waals surface area contributed by atoms with Crippen LogP contribution in [-0.2, 0) is 11.3 Å². The fourth-order valence-electron chi connectivity index (χ4n) is 3.21. The molecule has 1 aliphatic heterocycles. The summed E-state index contributed by atoms with van der Waals surface area (Å²) in [6, 6.07) is 8.93. The van der Waals surface area contributed by atoms with Gasteiger partial charge in [-0.3, -0.25) is 10.00 Å². The first-order valence-electron chi connectivity index (χ1n) is 8.37. The van der Waals surface area contributed by atoms with Gasteiger partial charge >= 0.3 is 0 Å². The molecule has 3 rings (SSSR count). The highest BCUT2D eigenvalue weighted by Gasteiger charge is 2.16. The van der Waals surface area contributed by atoms with Crippen molar-refractivity contribution in [2.75, 3.05) is 33.4 Å². The molecule has 0 radical (unpaired) electrons. The standard InChI is InChI=1S/C18H26N4O/c1-22(9-8-19)13-18-17(12-20-21-18)16-4-2-14(3-5-16)15-6-10-23-11-7-15/h2-5,12,15H,6-11,13,19H2,1H3,(H,20,21). The molecule has 5 nitrogen and oxygen atoms in total. The van der Waals surface area contributed by atoms with Crippen LogP contribution in [0.4, 0.5) is 0 Å². The van der Waals surface area contributed by atoms with Crippen LogP contribution in [0.25, 0.3) is 11.1 Å². The van der Waals surface area contributed by atoms with Crippen LogP contribution in [0.5, 0.6) is 0 Å². The molecule has 0 saturated carbocycles. The van der Waals surface area contributed by atoms with Gasteiger partial charge in [-0.15, -0.1) is 0 Å². The van der Waals surface area contributed by atoms with Crippen LogP contribution in [-0.4, -0.2) is 48.4 Å². The van der Waals surface area contributed by atoms with Gasteiger partial charge in [0.2, 0.25) is 0 Å². The molecule has 1 aromatic heterocycles. The first-order chi connectivity index (χ1) is 11.3. The third-order valence-corrected chi connectivity index (χ3v) is 4.56. The Balaban J connectivity index is 1.73. The summed E-state index contributed by atoms with van der Waals surface area (Å²) in [5.74, 6) is 0.636. The minimum atomic E-state index is 0.636. The molecule has 5 heteroatoms. The second kappa shape index (κ2) is 7.73. The summed E-state index contributed by atoms with van der Waals surface area (Å²) in [5, 5.41) is 7.40. The van der Waals surface area contributed by atoms with E-state index in [1.165, 1.54) is 16.7 Å². The van der Waals surface area contributed by atoms with Crippen molar-refractivity contribution in [3.05, 3.63) is 41.7 Å². The van der Waals surface area contributed by atoms with E-state index in [1.807, 2.05) is 6.20 Å². The lowest BCUT2D eigenvalue weighted by Crippen LogP contribution is -2.25. The summed E-state index contributed by atoms with van der Waals surface area (Å²) in [5.41, 5.74) is 10.5. The van der Waals surface area contributed by atoms with E-state index >= 15 is 0 Å². The van der Waals surface area contributed by atoms with E-state index in [-0.39, 0.29) is 0 Å². The van der Waals surface area contributed by atoms with Gasteiger partial charge < -0.3 is 10.5 Å². The molecule has 23 heavy (non-hydrogen) atoms. The highest BCUT2D eigenvalue weighted by atomic mass is 16.5. The van der Waals surface area contributed by atoms with Crippen LogP contribution in [0.15, 0.2) is 30.5 Å². The lowest BCUT2D eigenvalue weighted by molar-refractivity contribution is 0.0853. The van der Waals surface area contributed by atoms with Gasteiger partial charge in [0, 0.05) is 44.6 Å². The van der Waals surface area contributed by atoms with Crippen LogP contribution in [0.1, 0.15) is 30.0 Å². The van der Waals surface area contributed by atoms with Crippen LogP contribution in [0.3, 0.4) is 0 Å². The van der Waals surface area contributed by atoms with Crippen molar-refractivity contribution in [3.63, 3.8) is 0 Å². The molecule has 0 aliphatic carbocycles. The van der Waals surface area contributed by atoms with Crippen molar-refractivity contribution in [1.29, 1.82) is 0 Å². The van der Waals surface area contributed by atoms with Gasteiger partial charge in [-0.05, 0) is 36.9 Å². The Kier molecular flexibility index (Phi) is 5.43. The van der Waals surface area contributed by atoms with E-state index in [4.69, 9.17) is 10.5 Å². The Labute approximate surface area is 137 Å². The van der Waals surface area contributed by atoms with E-state index in [0.29, 0.717) is 12.5 Å². The predicted molar refractivity (Wildman–Crippen MR) is 92.2 cm³/mol. The third-order valence-electron chi connectivity index (χ3n) is 4.56. The number of likely N-dealkylation sites (N-methyl/N-ethyl adjacent to an activating group) is 1. The topological polar surface area (TPSA) is 67.2 Å². The number of aromatic amines is 1. The summed E-state index contributed by atoms with van der Waals surface area (Å²) in [6.45, 7) is 4.10. The molecule has 1 aromatic carbocycles. The predicted octanol–water partition coefficient (Wildman–Crippen LogP) is 2.36. The Morgan fingerprint density at radius 3 is 2.70 bits per heavy atom. The Morgan fingerprint density at radius 1 is 1.26 bits per heavy atom. The monoisotopic (exact) mass is 314 g/mol. The molecule has 0 unspecified atom stereocenters. The van der Waals surface area contributed by atoms with Crippen LogP contribution in [0.2, 0.25) is 0 Å². The first-order valence-corrected chi connectivity index (χ1v) is 8.37. The Bertz CT molecular complexity index is 602. The molecule has 1 saturated heterocycles. The number of nitrogens with zero attached hydrogens (tertiary/aromatic N) is 2. The summed E-state index contributed by atoms with van der Waals surface area (Å²) < 4.78 is 5.45. The maximum Gasteiger partial charge on any atom is 0.0840 e. The number of nitrogens with two attached hydrogens (primary N) is 1. The number of H-pyrrole nitrogens is 1. The lowest BCUT2D eigenvalue weighted by atomic mass is 9.90. The molecular weight excluding hydrogens is 288 g/mol. The molecule has 0 bridgehead atoms. The molecule has 2 heterocycles. The molecule has 1 aliphatic rings. The van der Waals surface area contributed by atoms with Crippen molar-refractivity contribution in [1.82, 2.24) is 15.1 Å². The van der Waals surface area contributed by atoms with Crippen LogP contribution < -0.4 is 5.73 Å². The molecule has 124 valence electrons. The molecule has 3 N–H and O–H groups in total. The Hall–Kier alpha value is -1.69. The fraction of sp³-hybridized carbons (Fsp3) is 0.500. The molecule has 1 fully saturated rings. The van der Waals surface area contributed by atoms with E-state index < -0.39 is 0 Å². The molecule has 2 aromatic rings. The van der Waals surface area contributed by atoms with E-state index in [1.54, 1.807) is 0 Å². The highest BCUT2D eigenvalue weighted by Crippen LogP contribution is 2.29. The van der Waals surface area contributed by atoms with Gasteiger partial charge in [-0.25, -0.2) is 0 Å². The molecule has 0 amide bonds. The number of aromatic nitrogens is 2. The zero-order chi connectivity index (χ0) is 16.1. The lowest BCUT2D eigenvalue weighted by Gasteiger charge is -2.22. The fourth-order valence-corrected chi connectivity index (χ4v) is 3.21. The van der Waals surface area contributed by atoms with Crippen LogP contribution >= 0.6 is 0 Å². The summed E-state index contributed by atoms with van der Waals surface area (Å²) in [7, 11) is 2.07. The maximum absolute atomic E-state index is 5.62. The zero-order valence-corrected chi connectivity index (χ0v) is 13.8. The van der Waals surface area contributed by atoms with Crippen molar-refractivity contribution in [3.8, 4) is 11.1 Å². The molecule has 0 atom stereocenters. The summed E-state index contributed by atoms with van der Waals surface area (Å²) >= 11 is 0. The number of nitrogens with one attached hydrogen (secondary N) is 1. The SMILES string of the molecule is CN(CCN)Cc1n[nH]cc1-c1ccc(C2CCOCC2)cc1. The second-order valence-corrected chi connectivity index (χ2v) is 6.28. The average molecular weight is 314 g/mol. The normalized spacial score (nSPS) is 16.1. The van der Waals surface area contributed by atoms with Gasteiger partial charge in [0.15, 0.2) is 0 Å². The van der Waals surface area contributed by atoms with Gasteiger partial charge in [-0.1, -0.05) is 24.3 Å². The summed E-state index contributed by atoms with van der Waals surface area (Å²) in [6.07, 6.45) is 4.23. The molecule has 0 spiro atoms. The number of hydrogen-bond acceptors (Lipinski definition) is 4. The minimum Gasteiger partial charge on any atom is -0.381 e.